The molecule has 0 aliphatic carbocycles. The zero-order chi connectivity index (χ0) is 11.7. The van der Waals surface area contributed by atoms with Crippen LogP contribution in [0.25, 0.3) is 0 Å². The van der Waals surface area contributed by atoms with E-state index in [0.29, 0.717) is 6.54 Å². The second-order valence-electron chi connectivity index (χ2n) is 4.52. The minimum absolute atomic E-state index is 0.00454. The smallest absolute Gasteiger partial charge is 0.224 e. The lowest BCUT2D eigenvalue weighted by Crippen LogP contribution is -2.35. The zero-order valence-corrected chi connectivity index (χ0v) is 10.4. The van der Waals surface area contributed by atoms with Crippen LogP contribution in [0.1, 0.15) is 46.5 Å². The van der Waals surface area contributed by atoms with Gasteiger partial charge in [-0.15, -0.1) is 0 Å². The Morgan fingerprint density at radius 3 is 2.47 bits per heavy atom. The maximum absolute atomic E-state index is 11.5. The van der Waals surface area contributed by atoms with Crippen LogP contribution in [0.5, 0.6) is 0 Å². The van der Waals surface area contributed by atoms with Crippen LogP contribution < -0.4 is 11.1 Å². The highest BCUT2D eigenvalue weighted by atomic mass is 16.1. The number of hydrogen-bond acceptors (Lipinski definition) is 2. The molecule has 1 amide bonds. The molecule has 3 heteroatoms. The highest BCUT2D eigenvalue weighted by Crippen LogP contribution is 2.05. The molecule has 0 bridgehead atoms. The molecule has 0 fully saturated rings. The van der Waals surface area contributed by atoms with Gasteiger partial charge in [0.25, 0.3) is 0 Å². The highest BCUT2D eigenvalue weighted by Gasteiger charge is 2.12. The fourth-order valence-corrected chi connectivity index (χ4v) is 1.49. The van der Waals surface area contributed by atoms with E-state index in [1.165, 1.54) is 12.8 Å². The summed E-state index contributed by atoms with van der Waals surface area (Å²) in [6.45, 7) is 7.69. The summed E-state index contributed by atoms with van der Waals surface area (Å²) in [7, 11) is 0. The molecule has 0 saturated heterocycles. The predicted octanol–water partition coefficient (Wildman–Crippen LogP) is 1.91. The molecular weight excluding hydrogens is 188 g/mol. The molecule has 0 spiro atoms. The fraction of sp³-hybridized carbons (Fsp3) is 0.917. The van der Waals surface area contributed by atoms with Crippen LogP contribution in [0.2, 0.25) is 0 Å². The van der Waals surface area contributed by atoms with Crippen molar-refractivity contribution < 1.29 is 4.79 Å². The first-order valence-corrected chi connectivity index (χ1v) is 6.09. The minimum Gasteiger partial charge on any atom is -0.356 e. The quantitative estimate of drug-likeness (QED) is 0.606. The molecule has 0 aromatic heterocycles. The van der Waals surface area contributed by atoms with Gasteiger partial charge in [-0.25, -0.2) is 0 Å². The number of nitrogens with two attached hydrogens (primary N) is 1. The van der Waals surface area contributed by atoms with Gasteiger partial charge in [-0.3, -0.25) is 4.79 Å². The Hall–Kier alpha value is -0.570. The van der Waals surface area contributed by atoms with E-state index in [1.807, 2.05) is 6.92 Å². The predicted molar refractivity (Wildman–Crippen MR) is 64.5 cm³/mol. The Labute approximate surface area is 93.8 Å². The van der Waals surface area contributed by atoms with Crippen molar-refractivity contribution in [2.24, 2.45) is 17.6 Å². The van der Waals surface area contributed by atoms with Crippen LogP contribution in [-0.4, -0.2) is 19.0 Å². The molecule has 90 valence electrons. The van der Waals surface area contributed by atoms with Gasteiger partial charge in [0.1, 0.15) is 0 Å². The van der Waals surface area contributed by atoms with Crippen LogP contribution in [0.4, 0.5) is 0 Å². The lowest BCUT2D eigenvalue weighted by molar-refractivity contribution is -0.124. The normalized spacial score (nSPS) is 12.9. The topological polar surface area (TPSA) is 55.1 Å². The summed E-state index contributed by atoms with van der Waals surface area (Å²) in [4.78, 5) is 11.5. The van der Waals surface area contributed by atoms with Crippen LogP contribution in [0.3, 0.4) is 0 Å². The summed E-state index contributed by atoms with van der Waals surface area (Å²) in [5, 5.41) is 2.94. The summed E-state index contributed by atoms with van der Waals surface area (Å²) in [5.41, 5.74) is 5.49. The van der Waals surface area contributed by atoms with Crippen LogP contribution in [0.15, 0.2) is 0 Å². The third-order valence-electron chi connectivity index (χ3n) is 2.66. The summed E-state index contributed by atoms with van der Waals surface area (Å²) < 4.78 is 0. The molecule has 0 aliphatic rings. The number of unbranched alkanes of at least 4 members (excludes halogenated alkanes) is 1. The molecule has 0 aromatic rings. The molecule has 0 aliphatic heterocycles. The first-order valence-electron chi connectivity index (χ1n) is 6.09. The van der Waals surface area contributed by atoms with Gasteiger partial charge in [0.2, 0.25) is 5.91 Å². The second kappa shape index (κ2) is 8.72. The maximum atomic E-state index is 11.5. The van der Waals surface area contributed by atoms with Crippen LogP contribution in [-0.2, 0) is 4.79 Å². The molecule has 3 N–H and O–H groups in total. The Balaban J connectivity index is 3.46. The van der Waals surface area contributed by atoms with Gasteiger partial charge < -0.3 is 11.1 Å². The lowest BCUT2D eigenvalue weighted by atomic mass is 10.1. The molecule has 0 heterocycles. The minimum atomic E-state index is -0.00454. The third kappa shape index (κ3) is 7.37. The highest BCUT2D eigenvalue weighted by molar-refractivity contribution is 5.78. The van der Waals surface area contributed by atoms with Crippen molar-refractivity contribution in [2.45, 2.75) is 46.5 Å². The van der Waals surface area contributed by atoms with Gasteiger partial charge in [0.15, 0.2) is 0 Å². The Morgan fingerprint density at radius 1 is 1.33 bits per heavy atom. The molecule has 0 rings (SSSR count). The van der Waals surface area contributed by atoms with Crippen LogP contribution in [0, 0.1) is 11.8 Å². The number of carbonyl (C=O) groups excluding carboxylic acids is 1. The molecule has 15 heavy (non-hydrogen) atoms. The van der Waals surface area contributed by atoms with Gasteiger partial charge in [-0.2, -0.15) is 0 Å². The van der Waals surface area contributed by atoms with Gasteiger partial charge in [-0.1, -0.05) is 33.6 Å². The standard InChI is InChI=1S/C12H26N2O/c1-4-11(9-13)12(15)14-8-6-5-7-10(2)3/h10-11H,4-9,13H2,1-3H3,(H,14,15). The molecule has 0 saturated carbocycles. The number of hydrogen-bond donors (Lipinski definition) is 2. The van der Waals surface area contributed by atoms with Crippen molar-refractivity contribution in [3.63, 3.8) is 0 Å². The molecule has 3 nitrogen and oxygen atoms in total. The summed E-state index contributed by atoms with van der Waals surface area (Å²) >= 11 is 0. The first kappa shape index (κ1) is 14.4. The van der Waals surface area contributed by atoms with Crippen LogP contribution >= 0.6 is 0 Å². The van der Waals surface area contributed by atoms with Gasteiger partial charge in [0.05, 0.1) is 0 Å². The Bertz CT molecular complexity index is 165. The molecule has 1 unspecified atom stereocenters. The van der Waals surface area contributed by atoms with E-state index in [-0.39, 0.29) is 11.8 Å². The molecule has 0 aromatic carbocycles. The fourth-order valence-electron chi connectivity index (χ4n) is 1.49. The average molecular weight is 214 g/mol. The molecule has 1 atom stereocenters. The van der Waals surface area contributed by atoms with Crippen molar-refractivity contribution in [3.8, 4) is 0 Å². The monoisotopic (exact) mass is 214 g/mol. The van der Waals surface area contributed by atoms with E-state index < -0.39 is 0 Å². The Morgan fingerprint density at radius 2 is 2.00 bits per heavy atom. The summed E-state index contributed by atoms with van der Waals surface area (Å²) in [6, 6.07) is 0. The van der Waals surface area contributed by atoms with E-state index in [2.05, 4.69) is 19.2 Å². The van der Waals surface area contributed by atoms with Crippen molar-refractivity contribution in [3.05, 3.63) is 0 Å². The lowest BCUT2D eigenvalue weighted by Gasteiger charge is -2.12. The number of nitrogens with one attached hydrogen (secondary N) is 1. The summed E-state index contributed by atoms with van der Waals surface area (Å²) in [5.74, 6) is 0.868. The zero-order valence-electron chi connectivity index (χ0n) is 10.4. The number of rotatable bonds is 8. The van der Waals surface area contributed by atoms with E-state index in [9.17, 15) is 4.79 Å². The first-order chi connectivity index (χ1) is 7.11. The van der Waals surface area contributed by atoms with Crippen molar-refractivity contribution in [1.29, 1.82) is 0 Å². The Kier molecular flexibility index (Phi) is 8.38. The molecular formula is C12H26N2O. The summed E-state index contributed by atoms with van der Waals surface area (Å²) in [6.07, 6.45) is 4.33. The second-order valence-corrected chi connectivity index (χ2v) is 4.52. The van der Waals surface area contributed by atoms with E-state index in [0.717, 1.165) is 25.3 Å². The van der Waals surface area contributed by atoms with Gasteiger partial charge in [0, 0.05) is 19.0 Å². The van der Waals surface area contributed by atoms with Crippen molar-refractivity contribution in [2.75, 3.05) is 13.1 Å². The van der Waals surface area contributed by atoms with E-state index in [4.69, 9.17) is 5.73 Å². The van der Waals surface area contributed by atoms with Crippen molar-refractivity contribution >= 4 is 5.91 Å². The van der Waals surface area contributed by atoms with Gasteiger partial charge in [-0.05, 0) is 18.8 Å². The van der Waals surface area contributed by atoms with E-state index in [1.54, 1.807) is 0 Å². The largest absolute Gasteiger partial charge is 0.356 e. The third-order valence-corrected chi connectivity index (χ3v) is 2.66. The van der Waals surface area contributed by atoms with E-state index >= 15 is 0 Å². The van der Waals surface area contributed by atoms with Gasteiger partial charge >= 0.3 is 0 Å². The maximum Gasteiger partial charge on any atom is 0.224 e. The SMILES string of the molecule is CCC(CN)C(=O)NCCCCC(C)C. The number of carbonyl (C=O) groups is 1. The average Bonchev–Trinajstić information content (AvgIpc) is 2.18. The van der Waals surface area contributed by atoms with Crippen molar-refractivity contribution in [1.82, 2.24) is 5.32 Å². The molecule has 0 radical (unpaired) electrons. The number of amides is 1.